The Kier molecular flexibility index (Phi) is 8.51. The summed E-state index contributed by atoms with van der Waals surface area (Å²) in [5.74, 6) is 0.702. The molecule has 66 heavy (non-hydrogen) atoms. The van der Waals surface area contributed by atoms with Crippen molar-refractivity contribution in [3.63, 3.8) is 0 Å². The molecule has 0 fully saturated rings. The number of hydrogen-bond acceptors (Lipinski definition) is 2. The molecule has 0 atom stereocenters. The number of aromatic nitrogens is 2. The van der Waals surface area contributed by atoms with Gasteiger partial charge in [-0.3, -0.25) is 0 Å². The summed E-state index contributed by atoms with van der Waals surface area (Å²) in [4.78, 5) is 10.9. The van der Waals surface area contributed by atoms with E-state index >= 15 is 0 Å². The summed E-state index contributed by atoms with van der Waals surface area (Å²) in [5, 5.41) is 4.87. The molecular weight excluding hydrogens is 797 g/mol. The molecule has 0 N–H and O–H groups in total. The summed E-state index contributed by atoms with van der Waals surface area (Å²) in [6.45, 7) is 4.74. The van der Waals surface area contributed by atoms with Crippen molar-refractivity contribution < 1.29 is 0 Å². The Morgan fingerprint density at radius 3 is 1.59 bits per heavy atom. The second-order valence-corrected chi connectivity index (χ2v) is 18.4. The fourth-order valence-electron chi connectivity index (χ4n) is 11.6. The van der Waals surface area contributed by atoms with Crippen LogP contribution < -0.4 is 0 Å². The van der Waals surface area contributed by atoms with Gasteiger partial charge in [-0.05, 0) is 107 Å². The molecule has 2 aliphatic rings. The zero-order chi connectivity index (χ0) is 44.0. The van der Waals surface area contributed by atoms with E-state index in [1.165, 1.54) is 82.9 Å². The predicted molar refractivity (Wildman–Crippen MR) is 274 cm³/mol. The van der Waals surface area contributed by atoms with Crippen LogP contribution in [0.25, 0.3) is 88.8 Å². The molecule has 310 valence electrons. The van der Waals surface area contributed by atoms with Crippen molar-refractivity contribution in [2.75, 3.05) is 0 Å². The van der Waals surface area contributed by atoms with Crippen LogP contribution in [-0.4, -0.2) is 9.97 Å². The normalized spacial score (nSPS) is 13.8. The number of hydrogen-bond donors (Lipinski definition) is 0. The van der Waals surface area contributed by atoms with Crippen LogP contribution in [0, 0.1) is 0 Å². The first-order valence-electron chi connectivity index (χ1n) is 23.0. The summed E-state index contributed by atoms with van der Waals surface area (Å²) in [6.07, 6.45) is 0. The number of fused-ring (bicyclic) bond motifs is 9. The molecule has 0 spiro atoms. The molecule has 0 bridgehead atoms. The van der Waals surface area contributed by atoms with Gasteiger partial charge in [0.05, 0.1) is 16.8 Å². The van der Waals surface area contributed by atoms with Crippen molar-refractivity contribution in [3.8, 4) is 67.3 Å². The number of nitrogens with zero attached hydrogens (tertiary/aromatic N) is 2. The van der Waals surface area contributed by atoms with Crippen LogP contribution in [0.15, 0.2) is 231 Å². The Morgan fingerprint density at radius 2 is 0.848 bits per heavy atom. The Morgan fingerprint density at radius 1 is 0.318 bits per heavy atom. The van der Waals surface area contributed by atoms with E-state index in [9.17, 15) is 0 Å². The van der Waals surface area contributed by atoms with E-state index in [1.54, 1.807) is 0 Å². The summed E-state index contributed by atoms with van der Waals surface area (Å²) in [7, 11) is 0. The van der Waals surface area contributed by atoms with Crippen LogP contribution in [0.1, 0.15) is 47.2 Å². The van der Waals surface area contributed by atoms with Crippen molar-refractivity contribution in [2.24, 2.45) is 0 Å². The van der Waals surface area contributed by atoms with Crippen molar-refractivity contribution in [2.45, 2.75) is 24.7 Å². The average Bonchev–Trinajstić information content (AvgIpc) is 3.82. The Hall–Kier alpha value is -8.20. The molecule has 0 aliphatic heterocycles. The number of benzene rings is 10. The zero-order valence-corrected chi connectivity index (χ0v) is 36.8. The van der Waals surface area contributed by atoms with Gasteiger partial charge >= 0.3 is 0 Å². The lowest BCUT2D eigenvalue weighted by Gasteiger charge is -2.33. The van der Waals surface area contributed by atoms with Gasteiger partial charge in [0.2, 0.25) is 0 Å². The summed E-state index contributed by atoms with van der Waals surface area (Å²) >= 11 is 0. The highest BCUT2D eigenvalue weighted by Gasteiger charge is 2.46. The monoisotopic (exact) mass is 840 g/mol. The van der Waals surface area contributed by atoms with E-state index in [0.29, 0.717) is 5.82 Å². The van der Waals surface area contributed by atoms with Crippen LogP contribution in [-0.2, 0) is 10.8 Å². The lowest BCUT2D eigenvalue weighted by atomic mass is 9.67. The highest BCUT2D eigenvalue weighted by Crippen LogP contribution is 2.58. The van der Waals surface area contributed by atoms with Crippen LogP contribution in [0.4, 0.5) is 0 Å². The van der Waals surface area contributed by atoms with Gasteiger partial charge in [-0.25, -0.2) is 9.97 Å². The minimum atomic E-state index is -0.469. The quantitative estimate of drug-likeness (QED) is 0.167. The molecule has 0 radical (unpaired) electrons. The van der Waals surface area contributed by atoms with E-state index in [2.05, 4.69) is 244 Å². The summed E-state index contributed by atoms with van der Waals surface area (Å²) < 4.78 is 0. The smallest absolute Gasteiger partial charge is 0.161 e. The van der Waals surface area contributed by atoms with Gasteiger partial charge in [-0.1, -0.05) is 226 Å². The summed E-state index contributed by atoms with van der Waals surface area (Å²) in [6, 6.07) is 84.3. The summed E-state index contributed by atoms with van der Waals surface area (Å²) in [5.41, 5.74) is 19.7. The zero-order valence-electron chi connectivity index (χ0n) is 36.8. The first-order valence-corrected chi connectivity index (χ1v) is 23.0. The maximum absolute atomic E-state index is 5.52. The molecule has 2 nitrogen and oxygen atoms in total. The molecule has 13 rings (SSSR count). The first kappa shape index (κ1) is 38.3. The topological polar surface area (TPSA) is 25.8 Å². The molecule has 2 heteroatoms. The third-order valence-electron chi connectivity index (χ3n) is 14.6. The minimum absolute atomic E-state index is 0.132. The molecule has 0 saturated carbocycles. The van der Waals surface area contributed by atoms with Crippen molar-refractivity contribution in [3.05, 3.63) is 264 Å². The van der Waals surface area contributed by atoms with E-state index in [-0.39, 0.29) is 5.41 Å². The highest BCUT2D eigenvalue weighted by atomic mass is 14.9. The van der Waals surface area contributed by atoms with Gasteiger partial charge in [0.1, 0.15) is 0 Å². The largest absolute Gasteiger partial charge is 0.228 e. The molecule has 1 heterocycles. The van der Waals surface area contributed by atoms with Crippen molar-refractivity contribution in [1.82, 2.24) is 9.97 Å². The van der Waals surface area contributed by atoms with E-state index in [0.717, 1.165) is 33.5 Å². The maximum atomic E-state index is 5.52. The van der Waals surface area contributed by atoms with Gasteiger partial charge in [0.25, 0.3) is 0 Å². The van der Waals surface area contributed by atoms with E-state index in [1.807, 2.05) is 0 Å². The van der Waals surface area contributed by atoms with Crippen LogP contribution >= 0.6 is 0 Å². The molecule has 0 amide bonds. The molecule has 1 aromatic heterocycles. The second kappa shape index (κ2) is 14.7. The fraction of sp³-hybridized carbons (Fsp3) is 0.0625. The molecule has 0 unspecified atom stereocenters. The van der Waals surface area contributed by atoms with Crippen LogP contribution in [0.5, 0.6) is 0 Å². The Labute approximate surface area is 385 Å². The van der Waals surface area contributed by atoms with Crippen LogP contribution in [0.2, 0.25) is 0 Å². The fourth-order valence-corrected chi connectivity index (χ4v) is 11.6. The second-order valence-electron chi connectivity index (χ2n) is 18.4. The third kappa shape index (κ3) is 5.55. The average molecular weight is 841 g/mol. The predicted octanol–water partition coefficient (Wildman–Crippen LogP) is 16.1. The van der Waals surface area contributed by atoms with Gasteiger partial charge in [0.15, 0.2) is 5.82 Å². The van der Waals surface area contributed by atoms with Gasteiger partial charge in [-0.2, -0.15) is 0 Å². The first-order chi connectivity index (χ1) is 32.5. The standard InChI is InChI=1S/C64H44N2/c1-63(2)56-32-18-30-51(61(56)60-46-26-13-12-19-41(46)33-38-57(60)63)49-35-36-52(48-28-15-14-27-47(48)49)62-65-58(42-20-6-3-7-21-42)40-59(66-62)43-34-37-55-53(39-43)50-29-16-17-31-54(50)64(55,44-22-8-4-9-23-44)45-24-10-5-11-25-45/h3-40H,1-2H3. The molecule has 2 aliphatic carbocycles. The Bertz CT molecular complexity index is 3680. The third-order valence-corrected chi connectivity index (χ3v) is 14.6. The molecular formula is C64H44N2. The van der Waals surface area contributed by atoms with Crippen molar-refractivity contribution in [1.29, 1.82) is 0 Å². The highest BCUT2D eigenvalue weighted by molar-refractivity contribution is 6.11. The van der Waals surface area contributed by atoms with Crippen LogP contribution in [0.3, 0.4) is 0 Å². The van der Waals surface area contributed by atoms with E-state index < -0.39 is 5.41 Å². The molecule has 10 aromatic carbocycles. The van der Waals surface area contributed by atoms with E-state index in [4.69, 9.17) is 9.97 Å². The van der Waals surface area contributed by atoms with Gasteiger partial charge in [-0.15, -0.1) is 0 Å². The van der Waals surface area contributed by atoms with Gasteiger partial charge in [0, 0.05) is 22.1 Å². The van der Waals surface area contributed by atoms with Crippen molar-refractivity contribution >= 4 is 21.5 Å². The maximum Gasteiger partial charge on any atom is 0.161 e. The molecule has 0 saturated heterocycles. The SMILES string of the molecule is CC1(C)c2cccc(-c3ccc(-c4nc(-c5ccccc5)cc(-c5ccc6c(c5)-c5ccccc5C6(c5ccccc5)c5ccccc5)n4)c4ccccc34)c2-c2c1ccc1ccccc21. The molecule has 11 aromatic rings. The minimum Gasteiger partial charge on any atom is -0.228 e. The lowest BCUT2D eigenvalue weighted by molar-refractivity contribution is 0.661. The van der Waals surface area contributed by atoms with Gasteiger partial charge < -0.3 is 0 Å². The number of rotatable bonds is 6. The Balaban J connectivity index is 1.01. The lowest BCUT2D eigenvalue weighted by Crippen LogP contribution is -2.28.